The first-order valence-corrected chi connectivity index (χ1v) is 5.36. The number of carbonyl (C=O) groups is 1. The average Bonchev–Trinajstić information content (AvgIpc) is 2.29. The van der Waals surface area contributed by atoms with Crippen LogP contribution in [0.5, 0.6) is 11.6 Å². The summed E-state index contributed by atoms with van der Waals surface area (Å²) in [4.78, 5) is 14.7. The highest BCUT2D eigenvalue weighted by molar-refractivity contribution is 9.10. The van der Waals surface area contributed by atoms with Crippen LogP contribution in [0.1, 0.15) is 10.5 Å². The van der Waals surface area contributed by atoms with E-state index in [-0.39, 0.29) is 11.6 Å². The smallest absolute Gasteiger partial charge is 0.269 e. The molecule has 2 heterocycles. The first-order chi connectivity index (χ1) is 8.15. The molecule has 0 saturated heterocycles. The molecule has 2 N–H and O–H groups in total. The summed E-state index contributed by atoms with van der Waals surface area (Å²) in [7, 11) is 0. The lowest BCUT2D eigenvalue weighted by atomic mass is 10.4. The van der Waals surface area contributed by atoms with E-state index in [1.54, 1.807) is 12.3 Å². The van der Waals surface area contributed by atoms with Crippen molar-refractivity contribution in [2.45, 2.75) is 0 Å². The van der Waals surface area contributed by atoms with Crippen LogP contribution in [0.15, 0.2) is 35.1 Å². The van der Waals surface area contributed by atoms with Crippen LogP contribution in [0.4, 0.5) is 0 Å². The molecule has 0 radical (unpaired) electrons. The molecule has 2 aromatic heterocycles. The normalized spacial score (nSPS) is 9.94. The minimum absolute atomic E-state index is 0.0877. The number of pyridine rings is 1. The van der Waals surface area contributed by atoms with Gasteiger partial charge in [0, 0.05) is 16.7 Å². The summed E-state index contributed by atoms with van der Waals surface area (Å²) in [6.07, 6.45) is 3.17. The van der Waals surface area contributed by atoms with Gasteiger partial charge >= 0.3 is 0 Å². The molecule has 6 nitrogen and oxygen atoms in total. The second kappa shape index (κ2) is 4.88. The maximum absolute atomic E-state index is 10.8. The van der Waals surface area contributed by atoms with Crippen LogP contribution in [0.25, 0.3) is 0 Å². The van der Waals surface area contributed by atoms with Crippen molar-refractivity contribution in [3.63, 3.8) is 0 Å². The average molecular weight is 295 g/mol. The van der Waals surface area contributed by atoms with E-state index >= 15 is 0 Å². The fourth-order valence-electron chi connectivity index (χ4n) is 1.07. The standard InChI is InChI=1S/C10H7BrN4O2/c11-6-3-7(5-13-4-6)17-9-2-1-8(10(12)16)14-15-9/h1-5H,(H2,12,16). The van der Waals surface area contributed by atoms with Gasteiger partial charge in [0.1, 0.15) is 5.75 Å². The fourth-order valence-corrected chi connectivity index (χ4v) is 1.42. The van der Waals surface area contributed by atoms with Crippen molar-refractivity contribution >= 4 is 21.8 Å². The summed E-state index contributed by atoms with van der Waals surface area (Å²) in [6.45, 7) is 0. The molecule has 0 aromatic carbocycles. The third kappa shape index (κ3) is 2.97. The molecule has 2 aromatic rings. The second-order valence-corrected chi connectivity index (χ2v) is 3.98. The zero-order valence-corrected chi connectivity index (χ0v) is 10.1. The van der Waals surface area contributed by atoms with Gasteiger partial charge in [0.2, 0.25) is 5.88 Å². The lowest BCUT2D eigenvalue weighted by Gasteiger charge is -2.03. The van der Waals surface area contributed by atoms with E-state index < -0.39 is 5.91 Å². The quantitative estimate of drug-likeness (QED) is 0.927. The Morgan fingerprint density at radius 2 is 2.12 bits per heavy atom. The van der Waals surface area contributed by atoms with Crippen LogP contribution in [0.3, 0.4) is 0 Å². The van der Waals surface area contributed by atoms with Gasteiger partial charge in [-0.25, -0.2) is 0 Å². The predicted octanol–water partition coefficient (Wildman–Crippen LogP) is 1.53. The third-order valence-corrected chi connectivity index (χ3v) is 2.23. The van der Waals surface area contributed by atoms with Gasteiger partial charge in [-0.05, 0) is 28.1 Å². The van der Waals surface area contributed by atoms with Crippen molar-refractivity contribution in [3.8, 4) is 11.6 Å². The number of aromatic nitrogens is 3. The zero-order chi connectivity index (χ0) is 12.3. The van der Waals surface area contributed by atoms with Gasteiger partial charge in [-0.15, -0.1) is 10.2 Å². The predicted molar refractivity (Wildman–Crippen MR) is 62.6 cm³/mol. The number of primary amides is 1. The van der Waals surface area contributed by atoms with Gasteiger partial charge in [0.15, 0.2) is 5.69 Å². The van der Waals surface area contributed by atoms with E-state index in [0.717, 1.165) is 4.47 Å². The molecule has 0 aliphatic rings. The molecule has 0 unspecified atom stereocenters. The lowest BCUT2D eigenvalue weighted by Crippen LogP contribution is -2.13. The summed E-state index contributed by atoms with van der Waals surface area (Å²) in [5, 5.41) is 7.32. The zero-order valence-electron chi connectivity index (χ0n) is 8.50. The highest BCUT2D eigenvalue weighted by atomic mass is 79.9. The maximum Gasteiger partial charge on any atom is 0.269 e. The molecule has 0 aliphatic carbocycles. The van der Waals surface area contributed by atoms with Crippen molar-refractivity contribution in [3.05, 3.63) is 40.8 Å². The number of nitrogens with zero attached hydrogens (tertiary/aromatic N) is 3. The SMILES string of the molecule is NC(=O)c1ccc(Oc2cncc(Br)c2)nn1. The summed E-state index contributed by atoms with van der Waals surface area (Å²) in [6, 6.07) is 4.68. The van der Waals surface area contributed by atoms with Gasteiger partial charge in [-0.1, -0.05) is 0 Å². The number of ether oxygens (including phenoxy) is 1. The summed E-state index contributed by atoms with van der Waals surface area (Å²) >= 11 is 3.27. The van der Waals surface area contributed by atoms with Crippen LogP contribution in [-0.2, 0) is 0 Å². The molecular weight excluding hydrogens is 288 g/mol. The van der Waals surface area contributed by atoms with Gasteiger partial charge in [-0.3, -0.25) is 9.78 Å². The largest absolute Gasteiger partial charge is 0.436 e. The van der Waals surface area contributed by atoms with Gasteiger partial charge in [-0.2, -0.15) is 0 Å². The molecule has 7 heteroatoms. The van der Waals surface area contributed by atoms with E-state index in [4.69, 9.17) is 10.5 Å². The second-order valence-electron chi connectivity index (χ2n) is 3.06. The van der Waals surface area contributed by atoms with Crippen LogP contribution in [-0.4, -0.2) is 21.1 Å². The number of nitrogens with two attached hydrogens (primary N) is 1. The Bertz CT molecular complexity index is 544. The molecule has 17 heavy (non-hydrogen) atoms. The Labute approximate surface area is 105 Å². The molecule has 0 atom stereocenters. The van der Waals surface area contributed by atoms with Crippen molar-refractivity contribution in [2.75, 3.05) is 0 Å². The molecular formula is C10H7BrN4O2. The van der Waals surface area contributed by atoms with Crippen molar-refractivity contribution in [2.24, 2.45) is 5.73 Å². The van der Waals surface area contributed by atoms with Crippen LogP contribution in [0, 0.1) is 0 Å². The van der Waals surface area contributed by atoms with Gasteiger partial charge in [0.05, 0.1) is 6.20 Å². The Morgan fingerprint density at radius 1 is 1.29 bits per heavy atom. The van der Waals surface area contributed by atoms with Crippen molar-refractivity contribution in [1.29, 1.82) is 0 Å². The van der Waals surface area contributed by atoms with E-state index in [0.29, 0.717) is 5.75 Å². The van der Waals surface area contributed by atoms with Crippen LogP contribution in [0.2, 0.25) is 0 Å². The van der Waals surface area contributed by atoms with E-state index in [9.17, 15) is 4.79 Å². The summed E-state index contributed by atoms with van der Waals surface area (Å²) in [5.74, 6) is 0.142. The number of carbonyl (C=O) groups excluding carboxylic acids is 1. The highest BCUT2D eigenvalue weighted by Gasteiger charge is 2.04. The highest BCUT2D eigenvalue weighted by Crippen LogP contribution is 2.20. The molecule has 1 amide bonds. The molecule has 2 rings (SSSR count). The molecule has 0 aliphatic heterocycles. The van der Waals surface area contributed by atoms with Crippen LogP contribution < -0.4 is 10.5 Å². The summed E-state index contributed by atoms with van der Waals surface area (Å²) in [5.41, 5.74) is 5.13. The lowest BCUT2D eigenvalue weighted by molar-refractivity contribution is 0.0994. The van der Waals surface area contributed by atoms with E-state index in [2.05, 4.69) is 31.1 Å². The number of hydrogen-bond donors (Lipinski definition) is 1. The Hall–Kier alpha value is -2.02. The monoisotopic (exact) mass is 294 g/mol. The molecule has 0 spiro atoms. The third-order valence-electron chi connectivity index (χ3n) is 1.79. The summed E-state index contributed by atoms with van der Waals surface area (Å²) < 4.78 is 6.16. The first-order valence-electron chi connectivity index (χ1n) is 4.57. The van der Waals surface area contributed by atoms with Crippen molar-refractivity contribution in [1.82, 2.24) is 15.2 Å². The number of rotatable bonds is 3. The number of amides is 1. The van der Waals surface area contributed by atoms with Gasteiger partial charge < -0.3 is 10.5 Å². The topological polar surface area (TPSA) is 91.0 Å². The Kier molecular flexibility index (Phi) is 3.29. The van der Waals surface area contributed by atoms with Gasteiger partial charge in [0.25, 0.3) is 5.91 Å². The van der Waals surface area contributed by atoms with Crippen molar-refractivity contribution < 1.29 is 9.53 Å². The Morgan fingerprint density at radius 3 is 2.71 bits per heavy atom. The van der Waals surface area contributed by atoms with E-state index in [1.165, 1.54) is 18.3 Å². The Balaban J connectivity index is 2.16. The minimum atomic E-state index is -0.631. The molecule has 0 bridgehead atoms. The number of halogens is 1. The number of hydrogen-bond acceptors (Lipinski definition) is 5. The van der Waals surface area contributed by atoms with E-state index in [1.807, 2.05) is 0 Å². The van der Waals surface area contributed by atoms with Crippen LogP contribution >= 0.6 is 15.9 Å². The minimum Gasteiger partial charge on any atom is -0.436 e. The first kappa shape index (κ1) is 11.5. The molecule has 0 saturated carbocycles. The maximum atomic E-state index is 10.8. The molecule has 86 valence electrons. The molecule has 0 fully saturated rings. The fraction of sp³-hybridized carbons (Fsp3) is 0.